The van der Waals surface area contributed by atoms with Crippen molar-refractivity contribution in [3.8, 4) is 0 Å². The number of anilines is 1. The van der Waals surface area contributed by atoms with Crippen molar-refractivity contribution in [3.63, 3.8) is 0 Å². The van der Waals surface area contributed by atoms with Crippen molar-refractivity contribution in [2.75, 3.05) is 18.6 Å². The maximum Gasteiger partial charge on any atom is 0.305 e. The van der Waals surface area contributed by atoms with Crippen LogP contribution in [0.25, 0.3) is 0 Å². The topological polar surface area (TPSA) is 52.3 Å². The van der Waals surface area contributed by atoms with Crippen LogP contribution in [0.2, 0.25) is 0 Å². The Morgan fingerprint density at radius 3 is 2.50 bits per heavy atom. The Kier molecular flexibility index (Phi) is 7.34. The van der Waals surface area contributed by atoms with Crippen molar-refractivity contribution in [3.05, 3.63) is 24.3 Å². The Bertz CT molecular complexity index is 351. The van der Waals surface area contributed by atoms with Crippen molar-refractivity contribution >= 4 is 23.4 Å². The summed E-state index contributed by atoms with van der Waals surface area (Å²) >= 11 is 1.85. The van der Waals surface area contributed by atoms with Gasteiger partial charge in [0.1, 0.15) is 0 Å². The number of hydrogen-bond acceptors (Lipinski definition) is 4. The summed E-state index contributed by atoms with van der Waals surface area (Å²) in [7, 11) is 1.44. The van der Waals surface area contributed by atoms with Crippen molar-refractivity contribution in [1.82, 2.24) is 0 Å². The van der Waals surface area contributed by atoms with Crippen molar-refractivity contribution in [2.45, 2.75) is 37.0 Å². The summed E-state index contributed by atoms with van der Waals surface area (Å²) in [5.74, 6) is 1.01. The molecule has 0 spiro atoms. The summed E-state index contributed by atoms with van der Waals surface area (Å²) in [5.41, 5.74) is 6.43. The van der Waals surface area contributed by atoms with E-state index in [1.807, 2.05) is 23.9 Å². The average molecular weight is 267 g/mol. The van der Waals surface area contributed by atoms with E-state index in [1.54, 1.807) is 0 Å². The number of nitrogens with two attached hydrogens (primary N) is 1. The number of carbonyl (C=O) groups is 1. The van der Waals surface area contributed by atoms with E-state index in [4.69, 9.17) is 5.73 Å². The van der Waals surface area contributed by atoms with E-state index in [0.717, 1.165) is 24.3 Å². The maximum absolute atomic E-state index is 10.9. The van der Waals surface area contributed by atoms with Crippen molar-refractivity contribution < 1.29 is 9.53 Å². The summed E-state index contributed by atoms with van der Waals surface area (Å²) in [6.07, 6.45) is 4.91. The van der Waals surface area contributed by atoms with E-state index in [2.05, 4.69) is 16.9 Å². The molecule has 0 radical (unpaired) electrons. The van der Waals surface area contributed by atoms with Gasteiger partial charge in [0.05, 0.1) is 7.11 Å². The highest BCUT2D eigenvalue weighted by Crippen LogP contribution is 2.20. The third-order valence-corrected chi connectivity index (χ3v) is 3.75. The van der Waals surface area contributed by atoms with Gasteiger partial charge in [-0.2, -0.15) is 0 Å². The molecule has 0 heterocycles. The lowest BCUT2D eigenvalue weighted by molar-refractivity contribution is -0.140. The fourth-order valence-corrected chi connectivity index (χ4v) is 2.49. The first-order valence-corrected chi connectivity index (χ1v) is 7.26. The standard InChI is InChI=1S/C14H21NO2S/c1-17-14(16)6-4-2-3-5-11-18-13-9-7-12(15)8-10-13/h7-10H,2-6,11,15H2,1H3. The molecule has 18 heavy (non-hydrogen) atoms. The Labute approximate surface area is 113 Å². The molecule has 3 nitrogen and oxygen atoms in total. The van der Waals surface area contributed by atoms with Gasteiger partial charge in [0, 0.05) is 17.0 Å². The van der Waals surface area contributed by atoms with Crippen LogP contribution in [0.5, 0.6) is 0 Å². The summed E-state index contributed by atoms with van der Waals surface area (Å²) in [6.45, 7) is 0. The van der Waals surface area contributed by atoms with Gasteiger partial charge >= 0.3 is 5.97 Å². The minimum atomic E-state index is -0.105. The first-order valence-electron chi connectivity index (χ1n) is 6.27. The minimum absolute atomic E-state index is 0.105. The minimum Gasteiger partial charge on any atom is -0.469 e. The highest BCUT2D eigenvalue weighted by molar-refractivity contribution is 7.99. The quantitative estimate of drug-likeness (QED) is 0.339. The molecule has 1 aromatic rings. The van der Waals surface area contributed by atoms with Crippen LogP contribution >= 0.6 is 11.8 Å². The molecule has 1 aromatic carbocycles. The van der Waals surface area contributed by atoms with Crippen molar-refractivity contribution in [1.29, 1.82) is 0 Å². The lowest BCUT2D eigenvalue weighted by atomic mass is 10.1. The van der Waals surface area contributed by atoms with E-state index in [1.165, 1.54) is 24.8 Å². The molecule has 0 aromatic heterocycles. The Morgan fingerprint density at radius 2 is 1.83 bits per heavy atom. The lowest BCUT2D eigenvalue weighted by Crippen LogP contribution is -1.99. The van der Waals surface area contributed by atoms with E-state index in [-0.39, 0.29) is 5.97 Å². The Balaban J connectivity index is 1.99. The molecule has 0 bridgehead atoms. The molecule has 0 saturated heterocycles. The first kappa shape index (κ1) is 14.9. The number of benzene rings is 1. The predicted molar refractivity (Wildman–Crippen MR) is 76.7 cm³/mol. The number of nitrogen functional groups attached to an aromatic ring is 1. The summed E-state index contributed by atoms with van der Waals surface area (Å²) in [4.78, 5) is 12.1. The second-order valence-corrected chi connectivity index (χ2v) is 5.33. The molecule has 0 aliphatic carbocycles. The molecule has 0 fully saturated rings. The lowest BCUT2D eigenvalue weighted by Gasteiger charge is -2.02. The maximum atomic E-state index is 10.9. The Hall–Kier alpha value is -1.16. The van der Waals surface area contributed by atoms with Gasteiger partial charge in [-0.15, -0.1) is 11.8 Å². The number of thioether (sulfide) groups is 1. The van der Waals surface area contributed by atoms with Gasteiger partial charge in [0.2, 0.25) is 0 Å². The number of methoxy groups -OCH3 is 1. The smallest absolute Gasteiger partial charge is 0.305 e. The second kappa shape index (κ2) is 8.86. The van der Waals surface area contributed by atoms with Crippen LogP contribution in [0.1, 0.15) is 32.1 Å². The van der Waals surface area contributed by atoms with Crippen LogP contribution in [0, 0.1) is 0 Å². The van der Waals surface area contributed by atoms with Crippen molar-refractivity contribution in [2.24, 2.45) is 0 Å². The molecule has 0 aliphatic heterocycles. The molecule has 4 heteroatoms. The van der Waals surface area contributed by atoms with Crippen LogP contribution in [0.15, 0.2) is 29.2 Å². The zero-order valence-electron chi connectivity index (χ0n) is 10.9. The van der Waals surface area contributed by atoms with Gasteiger partial charge in [0.25, 0.3) is 0 Å². The molecule has 0 unspecified atom stereocenters. The number of unbranched alkanes of at least 4 members (excludes halogenated alkanes) is 3. The summed E-state index contributed by atoms with van der Waals surface area (Å²) in [5, 5.41) is 0. The molecule has 0 atom stereocenters. The molecule has 0 saturated carbocycles. The van der Waals surface area contributed by atoms with E-state index in [9.17, 15) is 4.79 Å². The molecule has 100 valence electrons. The fourth-order valence-electron chi connectivity index (χ4n) is 1.58. The summed E-state index contributed by atoms with van der Waals surface area (Å²) < 4.78 is 4.59. The average Bonchev–Trinajstić information content (AvgIpc) is 2.39. The predicted octanol–water partition coefficient (Wildman–Crippen LogP) is 3.48. The van der Waals surface area contributed by atoms with Gasteiger partial charge in [-0.25, -0.2) is 0 Å². The highest BCUT2D eigenvalue weighted by atomic mass is 32.2. The zero-order chi connectivity index (χ0) is 13.2. The zero-order valence-corrected chi connectivity index (χ0v) is 11.7. The summed E-state index contributed by atoms with van der Waals surface area (Å²) in [6, 6.07) is 7.96. The third-order valence-electron chi connectivity index (χ3n) is 2.65. The number of esters is 1. The van der Waals surface area contributed by atoms with E-state index in [0.29, 0.717) is 6.42 Å². The van der Waals surface area contributed by atoms with Crippen LogP contribution in [0.3, 0.4) is 0 Å². The van der Waals surface area contributed by atoms with Gasteiger partial charge in [-0.3, -0.25) is 4.79 Å². The number of rotatable bonds is 8. The molecule has 0 amide bonds. The SMILES string of the molecule is COC(=O)CCCCCCSc1ccc(N)cc1. The monoisotopic (exact) mass is 267 g/mol. The number of carbonyl (C=O) groups excluding carboxylic acids is 1. The van der Waals surface area contributed by atoms with E-state index < -0.39 is 0 Å². The number of ether oxygens (including phenoxy) is 1. The second-order valence-electron chi connectivity index (χ2n) is 4.16. The molecular formula is C14H21NO2S. The molecule has 0 aliphatic rings. The van der Waals surface area contributed by atoms with Gasteiger partial charge in [-0.1, -0.05) is 12.8 Å². The van der Waals surface area contributed by atoms with E-state index >= 15 is 0 Å². The highest BCUT2D eigenvalue weighted by Gasteiger charge is 1.99. The normalized spacial score (nSPS) is 10.3. The van der Waals surface area contributed by atoms with Crippen LogP contribution < -0.4 is 5.73 Å². The number of hydrogen-bond donors (Lipinski definition) is 1. The van der Waals surface area contributed by atoms with Crippen LogP contribution in [-0.2, 0) is 9.53 Å². The largest absolute Gasteiger partial charge is 0.469 e. The fraction of sp³-hybridized carbons (Fsp3) is 0.500. The third kappa shape index (κ3) is 6.55. The van der Waals surface area contributed by atoms with Gasteiger partial charge in [0.15, 0.2) is 0 Å². The molecular weight excluding hydrogens is 246 g/mol. The van der Waals surface area contributed by atoms with Crippen LogP contribution in [-0.4, -0.2) is 18.8 Å². The van der Waals surface area contributed by atoms with Crippen LogP contribution in [0.4, 0.5) is 5.69 Å². The van der Waals surface area contributed by atoms with Gasteiger partial charge < -0.3 is 10.5 Å². The molecule has 1 rings (SSSR count). The Morgan fingerprint density at radius 1 is 1.17 bits per heavy atom. The molecule has 2 N–H and O–H groups in total. The first-order chi connectivity index (χ1) is 8.72. The van der Waals surface area contributed by atoms with Gasteiger partial charge in [-0.05, 0) is 42.9 Å².